The number of halogens is 4. The Kier molecular flexibility index (Phi) is 4.80. The van der Waals surface area contributed by atoms with Crippen LogP contribution >= 0.6 is 23.2 Å². The van der Waals surface area contributed by atoms with Crippen LogP contribution in [0.5, 0.6) is 0 Å². The maximum Gasteiger partial charge on any atom is 0.282 e. The van der Waals surface area contributed by atoms with E-state index >= 15 is 0 Å². The molecule has 1 heterocycles. The van der Waals surface area contributed by atoms with Crippen LogP contribution in [0.3, 0.4) is 0 Å². The predicted octanol–water partition coefficient (Wildman–Crippen LogP) is 4.01. The Morgan fingerprint density at radius 3 is 2.53 bits per heavy atom. The third-order valence-electron chi connectivity index (χ3n) is 2.08. The Balaban J connectivity index is 2.98. The highest BCUT2D eigenvalue weighted by Crippen LogP contribution is 2.29. The van der Waals surface area contributed by atoms with Gasteiger partial charge in [-0.2, -0.15) is 5.10 Å². The largest absolute Gasteiger partial charge is 0.282 e. The molecule has 0 radical (unpaired) electrons. The smallest absolute Gasteiger partial charge is 0.253 e. The van der Waals surface area contributed by atoms with E-state index in [1.165, 1.54) is 4.68 Å². The summed E-state index contributed by atoms with van der Waals surface area (Å²) in [6.07, 6.45) is -0.818. The number of nitrogens with zero attached hydrogens (tertiary/aromatic N) is 2. The van der Waals surface area contributed by atoms with Gasteiger partial charge in [0.1, 0.15) is 10.8 Å². The first-order valence-corrected chi connectivity index (χ1v) is 5.62. The summed E-state index contributed by atoms with van der Waals surface area (Å²) >= 11 is 11.4. The van der Waals surface area contributed by atoms with Crippen LogP contribution in [-0.4, -0.2) is 9.78 Å². The average molecular weight is 257 g/mol. The highest BCUT2D eigenvalue weighted by atomic mass is 35.5. The van der Waals surface area contributed by atoms with E-state index < -0.39 is 6.43 Å². The molecule has 0 aliphatic heterocycles. The minimum absolute atomic E-state index is 0.0371. The minimum atomic E-state index is -2.63. The molecule has 86 valence electrons. The Morgan fingerprint density at radius 1 is 1.47 bits per heavy atom. The Labute approximate surface area is 97.2 Å². The summed E-state index contributed by atoms with van der Waals surface area (Å²) in [6, 6.07) is 0. The lowest BCUT2D eigenvalue weighted by molar-refractivity contribution is 0.144. The van der Waals surface area contributed by atoms with Gasteiger partial charge in [-0.05, 0) is 6.42 Å². The molecule has 0 N–H and O–H groups in total. The summed E-state index contributed by atoms with van der Waals surface area (Å²) in [5.41, 5.74) is -0.0597. The van der Waals surface area contributed by atoms with Gasteiger partial charge in [0.2, 0.25) is 0 Å². The zero-order valence-electron chi connectivity index (χ0n) is 8.31. The van der Waals surface area contributed by atoms with Crippen molar-refractivity contribution in [2.24, 2.45) is 0 Å². The molecule has 0 atom stereocenters. The van der Waals surface area contributed by atoms with Crippen molar-refractivity contribution < 1.29 is 8.78 Å². The maximum absolute atomic E-state index is 12.5. The van der Waals surface area contributed by atoms with Gasteiger partial charge in [-0.15, -0.1) is 11.6 Å². The molecule has 15 heavy (non-hydrogen) atoms. The zero-order valence-corrected chi connectivity index (χ0v) is 9.82. The highest BCUT2D eigenvalue weighted by molar-refractivity contribution is 6.31. The second kappa shape index (κ2) is 5.66. The molecule has 0 spiro atoms. The van der Waals surface area contributed by atoms with Crippen LogP contribution in [0.2, 0.25) is 5.15 Å². The third kappa shape index (κ3) is 2.82. The summed E-state index contributed by atoms with van der Waals surface area (Å²) in [5, 5.41) is 4.00. The molecule has 0 aliphatic rings. The molecule has 0 unspecified atom stereocenters. The van der Waals surface area contributed by atoms with Crippen LogP contribution in [0.25, 0.3) is 0 Å². The Bertz CT molecular complexity index is 326. The number of alkyl halides is 3. The van der Waals surface area contributed by atoms with Crippen LogP contribution < -0.4 is 0 Å². The van der Waals surface area contributed by atoms with E-state index in [1.807, 2.05) is 6.92 Å². The molecule has 0 saturated carbocycles. The molecule has 1 rings (SSSR count). The molecular formula is C9H12Cl2F2N2. The monoisotopic (exact) mass is 256 g/mol. The summed E-state index contributed by atoms with van der Waals surface area (Å²) in [6.45, 7) is 2.56. The lowest BCUT2D eigenvalue weighted by atomic mass is 10.3. The summed E-state index contributed by atoms with van der Waals surface area (Å²) in [4.78, 5) is 0. The molecule has 2 nitrogen and oxygen atoms in total. The molecular weight excluding hydrogens is 245 g/mol. The van der Waals surface area contributed by atoms with Gasteiger partial charge < -0.3 is 0 Å². The van der Waals surface area contributed by atoms with E-state index in [4.69, 9.17) is 23.2 Å². The van der Waals surface area contributed by atoms with Gasteiger partial charge >= 0.3 is 0 Å². The van der Waals surface area contributed by atoms with Crippen LogP contribution in [0.15, 0.2) is 0 Å². The van der Waals surface area contributed by atoms with Crippen LogP contribution in [0, 0.1) is 0 Å². The van der Waals surface area contributed by atoms with E-state index in [0.29, 0.717) is 6.54 Å². The van der Waals surface area contributed by atoms with Crippen molar-refractivity contribution in [1.29, 1.82) is 0 Å². The van der Waals surface area contributed by atoms with Gasteiger partial charge in [-0.1, -0.05) is 24.9 Å². The van der Waals surface area contributed by atoms with Crippen molar-refractivity contribution in [2.45, 2.75) is 38.6 Å². The number of aryl methyl sites for hydroxylation is 1. The highest BCUT2D eigenvalue weighted by Gasteiger charge is 2.21. The quantitative estimate of drug-likeness (QED) is 0.728. The van der Waals surface area contributed by atoms with Gasteiger partial charge in [0.25, 0.3) is 6.43 Å². The van der Waals surface area contributed by atoms with Crippen LogP contribution in [-0.2, 0) is 12.4 Å². The number of unbranched alkanes of at least 4 members (excludes halogenated alkanes) is 1. The fourth-order valence-corrected chi connectivity index (χ4v) is 1.87. The number of hydrogen-bond donors (Lipinski definition) is 0. The van der Waals surface area contributed by atoms with E-state index in [2.05, 4.69) is 5.10 Å². The molecule has 1 aromatic heterocycles. The average Bonchev–Trinajstić information content (AvgIpc) is 2.52. The second-order valence-electron chi connectivity index (χ2n) is 3.17. The van der Waals surface area contributed by atoms with Crippen molar-refractivity contribution >= 4 is 23.2 Å². The Morgan fingerprint density at radius 2 is 2.13 bits per heavy atom. The third-order valence-corrected chi connectivity index (χ3v) is 2.77. The summed E-state index contributed by atoms with van der Waals surface area (Å²) in [5.74, 6) is -0.0371. The first-order valence-electron chi connectivity index (χ1n) is 4.71. The van der Waals surface area contributed by atoms with Crippen molar-refractivity contribution in [2.75, 3.05) is 0 Å². The van der Waals surface area contributed by atoms with E-state index in [9.17, 15) is 8.78 Å². The first-order chi connectivity index (χ1) is 7.11. The van der Waals surface area contributed by atoms with Crippen molar-refractivity contribution in [3.8, 4) is 0 Å². The SMILES string of the molecule is CCCCn1nc(C(F)F)c(CCl)c1Cl. The van der Waals surface area contributed by atoms with Crippen LogP contribution in [0.1, 0.15) is 37.4 Å². The number of hydrogen-bond acceptors (Lipinski definition) is 1. The Hall–Kier alpha value is -0.350. The number of aromatic nitrogens is 2. The molecule has 0 fully saturated rings. The fourth-order valence-electron chi connectivity index (χ4n) is 1.25. The molecule has 0 aromatic carbocycles. The lowest BCUT2D eigenvalue weighted by Crippen LogP contribution is -2.00. The standard InChI is InChI=1S/C9H12Cl2F2N2/c1-2-3-4-15-8(11)6(5-10)7(14-15)9(12)13/h9H,2-5H2,1H3. The molecule has 6 heteroatoms. The van der Waals surface area contributed by atoms with E-state index in [0.717, 1.165) is 12.8 Å². The van der Waals surface area contributed by atoms with Crippen molar-refractivity contribution in [1.82, 2.24) is 9.78 Å². The minimum Gasteiger partial charge on any atom is -0.253 e. The van der Waals surface area contributed by atoms with Gasteiger partial charge in [-0.3, -0.25) is 4.68 Å². The molecule has 0 bridgehead atoms. The number of rotatable bonds is 5. The molecule has 0 aliphatic carbocycles. The van der Waals surface area contributed by atoms with E-state index in [-0.39, 0.29) is 22.3 Å². The summed E-state index contributed by atoms with van der Waals surface area (Å²) < 4.78 is 26.5. The van der Waals surface area contributed by atoms with Gasteiger partial charge in [-0.25, -0.2) is 8.78 Å². The van der Waals surface area contributed by atoms with Gasteiger partial charge in [0.05, 0.1) is 5.88 Å². The van der Waals surface area contributed by atoms with Crippen molar-refractivity contribution in [3.05, 3.63) is 16.4 Å². The van der Waals surface area contributed by atoms with Crippen LogP contribution in [0.4, 0.5) is 8.78 Å². The molecule has 0 saturated heterocycles. The molecule has 1 aromatic rings. The predicted molar refractivity (Wildman–Crippen MR) is 56.7 cm³/mol. The zero-order chi connectivity index (χ0) is 11.4. The fraction of sp³-hybridized carbons (Fsp3) is 0.667. The topological polar surface area (TPSA) is 17.8 Å². The van der Waals surface area contributed by atoms with Gasteiger partial charge in [0, 0.05) is 12.1 Å². The van der Waals surface area contributed by atoms with Gasteiger partial charge in [0.15, 0.2) is 0 Å². The lowest BCUT2D eigenvalue weighted by Gasteiger charge is -2.00. The summed E-state index contributed by atoms with van der Waals surface area (Å²) in [7, 11) is 0. The van der Waals surface area contributed by atoms with E-state index in [1.54, 1.807) is 0 Å². The van der Waals surface area contributed by atoms with Crippen molar-refractivity contribution in [3.63, 3.8) is 0 Å². The second-order valence-corrected chi connectivity index (χ2v) is 3.79. The normalized spacial score (nSPS) is 11.3. The molecule has 0 amide bonds. The maximum atomic E-state index is 12.5. The first kappa shape index (κ1) is 12.7.